The third kappa shape index (κ3) is 3.62. The third-order valence-corrected chi connectivity index (χ3v) is 5.76. The maximum atomic E-state index is 12.0. The molecule has 2 amide bonds. The van der Waals surface area contributed by atoms with Gasteiger partial charge >= 0.3 is 6.03 Å². The minimum absolute atomic E-state index is 0.165. The van der Waals surface area contributed by atoms with Crippen molar-refractivity contribution in [3.05, 3.63) is 22.4 Å². The Labute approximate surface area is 135 Å². The molecule has 3 atom stereocenters. The minimum Gasteiger partial charge on any atom is -0.387 e. The Morgan fingerprint density at radius 1 is 1.45 bits per heavy atom. The van der Waals surface area contributed by atoms with E-state index in [0.717, 1.165) is 18.4 Å². The van der Waals surface area contributed by atoms with E-state index in [1.165, 1.54) is 19.3 Å². The molecule has 2 aliphatic rings. The van der Waals surface area contributed by atoms with Crippen molar-refractivity contribution in [1.82, 2.24) is 15.5 Å². The first-order chi connectivity index (χ1) is 10.6. The molecule has 3 N–H and O–H groups in total. The molecule has 1 aromatic rings. The Morgan fingerprint density at radius 2 is 2.18 bits per heavy atom. The maximum absolute atomic E-state index is 12.0. The van der Waals surface area contributed by atoms with Gasteiger partial charge in [-0.3, -0.25) is 0 Å². The summed E-state index contributed by atoms with van der Waals surface area (Å²) in [6.07, 6.45) is 5.23. The van der Waals surface area contributed by atoms with Gasteiger partial charge in [0.2, 0.25) is 0 Å². The lowest BCUT2D eigenvalue weighted by atomic mass is 9.82. The van der Waals surface area contributed by atoms with Crippen LogP contribution in [-0.4, -0.2) is 47.8 Å². The monoisotopic (exact) mass is 323 g/mol. The van der Waals surface area contributed by atoms with E-state index in [2.05, 4.69) is 22.6 Å². The normalized spacial score (nSPS) is 29.8. The molecule has 2 saturated heterocycles. The van der Waals surface area contributed by atoms with Crippen molar-refractivity contribution in [1.29, 1.82) is 0 Å². The fourth-order valence-electron chi connectivity index (χ4n) is 3.74. The van der Waals surface area contributed by atoms with Crippen LogP contribution in [0.25, 0.3) is 0 Å². The van der Waals surface area contributed by atoms with Crippen molar-refractivity contribution in [3.8, 4) is 0 Å². The van der Waals surface area contributed by atoms with Gasteiger partial charge in [-0.15, -0.1) is 0 Å². The average Bonchev–Trinajstić information content (AvgIpc) is 3.00. The van der Waals surface area contributed by atoms with Gasteiger partial charge in [-0.2, -0.15) is 11.3 Å². The van der Waals surface area contributed by atoms with Crippen molar-refractivity contribution in [3.63, 3.8) is 0 Å². The molecule has 5 nitrogen and oxygen atoms in total. The quantitative estimate of drug-likeness (QED) is 0.795. The fourth-order valence-corrected chi connectivity index (χ4v) is 4.45. The van der Waals surface area contributed by atoms with E-state index >= 15 is 0 Å². The summed E-state index contributed by atoms with van der Waals surface area (Å²) in [5, 5.41) is 19.7. The molecule has 0 spiro atoms. The van der Waals surface area contributed by atoms with Gasteiger partial charge in [0, 0.05) is 24.7 Å². The van der Waals surface area contributed by atoms with Crippen molar-refractivity contribution >= 4 is 17.4 Å². The van der Waals surface area contributed by atoms with E-state index in [4.69, 9.17) is 0 Å². The standard InChI is InChI=1S/C16H25N3O2S/c1-19-13-3-2-4-14(19)8-12(7-13)18-16(21)17-9-15(20)11-5-6-22-10-11/h5-6,10,12-15,20H,2-4,7-9H2,1H3,(H2,17,18,21). The summed E-state index contributed by atoms with van der Waals surface area (Å²) in [5.74, 6) is 0. The number of thiophene rings is 1. The minimum atomic E-state index is -0.631. The number of hydrogen-bond donors (Lipinski definition) is 3. The van der Waals surface area contributed by atoms with Crippen LogP contribution in [0.5, 0.6) is 0 Å². The van der Waals surface area contributed by atoms with Crippen LogP contribution in [0.4, 0.5) is 4.79 Å². The lowest BCUT2D eigenvalue weighted by Gasteiger charge is -2.47. The predicted octanol–water partition coefficient (Wildman–Crippen LogP) is 2.10. The van der Waals surface area contributed by atoms with E-state index in [1.54, 1.807) is 11.3 Å². The molecule has 122 valence electrons. The van der Waals surface area contributed by atoms with Gasteiger partial charge in [0.15, 0.2) is 0 Å². The van der Waals surface area contributed by atoms with Gasteiger partial charge in [-0.05, 0) is 55.1 Å². The number of aliphatic hydroxyl groups excluding tert-OH is 1. The number of rotatable bonds is 4. The van der Waals surface area contributed by atoms with Gasteiger partial charge < -0.3 is 20.6 Å². The van der Waals surface area contributed by atoms with Crippen LogP contribution < -0.4 is 10.6 Å². The number of carbonyl (C=O) groups is 1. The Balaban J connectivity index is 1.44. The summed E-state index contributed by atoms with van der Waals surface area (Å²) < 4.78 is 0. The predicted molar refractivity (Wildman–Crippen MR) is 88.0 cm³/mol. The summed E-state index contributed by atoms with van der Waals surface area (Å²) in [4.78, 5) is 14.5. The van der Waals surface area contributed by atoms with Gasteiger partial charge in [0.25, 0.3) is 0 Å². The first-order valence-electron chi connectivity index (χ1n) is 8.10. The molecular weight excluding hydrogens is 298 g/mol. The van der Waals surface area contributed by atoms with Crippen LogP contribution in [-0.2, 0) is 0 Å². The lowest BCUT2D eigenvalue weighted by Crippen LogP contribution is -2.56. The number of urea groups is 1. The highest BCUT2D eigenvalue weighted by molar-refractivity contribution is 7.07. The lowest BCUT2D eigenvalue weighted by molar-refractivity contribution is 0.0507. The van der Waals surface area contributed by atoms with E-state index in [0.29, 0.717) is 12.1 Å². The smallest absolute Gasteiger partial charge is 0.315 e. The third-order valence-electron chi connectivity index (χ3n) is 5.06. The van der Waals surface area contributed by atoms with Crippen LogP contribution >= 0.6 is 11.3 Å². The molecule has 3 heterocycles. The molecule has 0 aliphatic carbocycles. The summed E-state index contributed by atoms with van der Waals surface area (Å²) in [6.45, 7) is 0.252. The van der Waals surface area contributed by atoms with E-state index in [9.17, 15) is 9.90 Å². The Bertz CT molecular complexity index is 480. The number of fused-ring (bicyclic) bond motifs is 2. The second-order valence-corrected chi connectivity index (χ2v) is 7.28. The molecule has 0 aromatic carbocycles. The molecule has 2 aliphatic heterocycles. The Hall–Kier alpha value is -1.11. The molecule has 22 heavy (non-hydrogen) atoms. The molecule has 3 rings (SSSR count). The summed E-state index contributed by atoms with van der Waals surface area (Å²) in [5.41, 5.74) is 0.860. The maximum Gasteiger partial charge on any atom is 0.315 e. The zero-order valence-corrected chi connectivity index (χ0v) is 13.8. The number of nitrogens with zero attached hydrogens (tertiary/aromatic N) is 1. The van der Waals surface area contributed by atoms with E-state index < -0.39 is 6.10 Å². The SMILES string of the molecule is CN1C2CCCC1CC(NC(=O)NCC(O)c1ccsc1)C2. The zero-order chi connectivity index (χ0) is 15.5. The first-order valence-corrected chi connectivity index (χ1v) is 9.04. The Kier molecular flexibility index (Phi) is 5.00. The van der Waals surface area contributed by atoms with Gasteiger partial charge in [-0.25, -0.2) is 4.79 Å². The number of carbonyl (C=O) groups excluding carboxylic acids is 1. The first kappa shape index (κ1) is 15.8. The second kappa shape index (κ2) is 6.98. The topological polar surface area (TPSA) is 64.6 Å². The number of hydrogen-bond acceptors (Lipinski definition) is 4. The van der Waals surface area contributed by atoms with Gasteiger partial charge in [0.1, 0.15) is 0 Å². The molecule has 2 fully saturated rings. The number of aliphatic hydroxyl groups is 1. The highest BCUT2D eigenvalue weighted by Gasteiger charge is 2.36. The zero-order valence-electron chi connectivity index (χ0n) is 13.0. The second-order valence-electron chi connectivity index (χ2n) is 6.50. The van der Waals surface area contributed by atoms with Crippen molar-refractivity contribution in [2.75, 3.05) is 13.6 Å². The number of amides is 2. The van der Waals surface area contributed by atoms with Crippen LogP contribution in [0.2, 0.25) is 0 Å². The highest BCUT2D eigenvalue weighted by Crippen LogP contribution is 2.32. The highest BCUT2D eigenvalue weighted by atomic mass is 32.1. The fraction of sp³-hybridized carbons (Fsp3) is 0.688. The Morgan fingerprint density at radius 3 is 2.82 bits per heavy atom. The van der Waals surface area contributed by atoms with Crippen molar-refractivity contribution < 1.29 is 9.90 Å². The average molecular weight is 323 g/mol. The van der Waals surface area contributed by atoms with Crippen molar-refractivity contribution in [2.24, 2.45) is 0 Å². The number of piperidine rings is 2. The molecule has 0 saturated carbocycles. The van der Waals surface area contributed by atoms with Crippen LogP contribution in [0, 0.1) is 0 Å². The van der Waals surface area contributed by atoms with Crippen LogP contribution in [0.3, 0.4) is 0 Å². The van der Waals surface area contributed by atoms with E-state index in [-0.39, 0.29) is 18.6 Å². The summed E-state index contributed by atoms with van der Waals surface area (Å²) in [6, 6.07) is 3.18. The number of nitrogens with one attached hydrogen (secondary N) is 2. The molecule has 2 bridgehead atoms. The molecule has 3 unspecified atom stereocenters. The van der Waals surface area contributed by atoms with Gasteiger partial charge in [-0.1, -0.05) is 6.42 Å². The summed E-state index contributed by atoms with van der Waals surface area (Å²) in [7, 11) is 2.21. The summed E-state index contributed by atoms with van der Waals surface area (Å²) >= 11 is 1.55. The van der Waals surface area contributed by atoms with Crippen LogP contribution in [0.1, 0.15) is 43.8 Å². The van der Waals surface area contributed by atoms with E-state index in [1.807, 2.05) is 16.8 Å². The molecule has 1 aromatic heterocycles. The van der Waals surface area contributed by atoms with Crippen LogP contribution in [0.15, 0.2) is 16.8 Å². The van der Waals surface area contributed by atoms with Crippen molar-refractivity contribution in [2.45, 2.75) is 56.3 Å². The largest absolute Gasteiger partial charge is 0.387 e. The molecule has 0 radical (unpaired) electrons. The molecule has 6 heteroatoms. The molecular formula is C16H25N3O2S. The van der Waals surface area contributed by atoms with Gasteiger partial charge in [0.05, 0.1) is 6.10 Å².